The number of carbonyl (C=O) groups is 1. The molecule has 29 heavy (non-hydrogen) atoms. The second-order valence-corrected chi connectivity index (χ2v) is 8.68. The number of hydrogen-bond donors (Lipinski definition) is 2. The third-order valence-electron chi connectivity index (χ3n) is 6.48. The van der Waals surface area contributed by atoms with Crippen LogP contribution >= 0.6 is 11.6 Å². The highest BCUT2D eigenvalue weighted by atomic mass is 35.5. The Morgan fingerprint density at radius 1 is 1.28 bits per heavy atom. The maximum Gasteiger partial charge on any atom is 0.340 e. The summed E-state index contributed by atoms with van der Waals surface area (Å²) in [5.74, 6) is 0.165. The number of aryl methyl sites for hydroxylation is 1. The highest BCUT2D eigenvalue weighted by Gasteiger charge is 2.33. The second kappa shape index (κ2) is 8.36. The number of rotatable bonds is 4. The molecule has 6 nitrogen and oxygen atoms in total. The smallest absolute Gasteiger partial charge is 0.340 e. The van der Waals surface area contributed by atoms with Gasteiger partial charge in [0.15, 0.2) is 0 Å². The van der Waals surface area contributed by atoms with E-state index in [4.69, 9.17) is 16.0 Å². The van der Waals surface area contributed by atoms with Crippen LogP contribution in [0.1, 0.15) is 43.2 Å². The third kappa shape index (κ3) is 4.14. The molecule has 0 spiro atoms. The molecule has 1 aromatic heterocycles. The topological polar surface area (TPSA) is 82.8 Å². The lowest BCUT2D eigenvalue weighted by Gasteiger charge is -2.44. The van der Waals surface area contributed by atoms with Gasteiger partial charge in [-0.15, -0.1) is 0 Å². The molecule has 1 amide bonds. The molecule has 2 aromatic rings. The minimum Gasteiger partial charge on any atom is -0.506 e. The number of nitrogens with zero attached hydrogens (tertiary/aromatic N) is 1. The molecule has 2 fully saturated rings. The molecule has 0 saturated carbocycles. The fraction of sp³-hybridized carbons (Fsp3) is 0.545. The van der Waals surface area contributed by atoms with Crippen LogP contribution in [0.25, 0.3) is 11.0 Å². The van der Waals surface area contributed by atoms with Gasteiger partial charge < -0.3 is 19.7 Å². The van der Waals surface area contributed by atoms with Crippen molar-refractivity contribution in [3.8, 4) is 5.75 Å². The zero-order valence-corrected chi connectivity index (χ0v) is 17.4. The first-order chi connectivity index (χ1) is 13.9. The number of amides is 1. The van der Waals surface area contributed by atoms with Gasteiger partial charge in [0, 0.05) is 24.0 Å². The van der Waals surface area contributed by atoms with Crippen LogP contribution in [-0.2, 0) is 11.2 Å². The van der Waals surface area contributed by atoms with Crippen molar-refractivity contribution in [3.05, 3.63) is 38.7 Å². The van der Waals surface area contributed by atoms with Crippen LogP contribution in [-0.4, -0.2) is 41.6 Å². The number of phenolic OH excluding ortho intramolecular Hbond substituents is 1. The first-order valence-corrected chi connectivity index (χ1v) is 10.8. The summed E-state index contributed by atoms with van der Waals surface area (Å²) >= 11 is 6.00. The normalized spacial score (nSPS) is 22.4. The number of phenols is 1. The third-order valence-corrected chi connectivity index (χ3v) is 6.78. The van der Waals surface area contributed by atoms with Gasteiger partial charge in [-0.25, -0.2) is 4.79 Å². The van der Waals surface area contributed by atoms with Crippen LogP contribution in [0.5, 0.6) is 5.75 Å². The van der Waals surface area contributed by atoms with Gasteiger partial charge in [-0.2, -0.15) is 0 Å². The van der Waals surface area contributed by atoms with E-state index in [1.807, 2.05) is 0 Å². The molecule has 1 aromatic carbocycles. The Kier molecular flexibility index (Phi) is 5.83. The molecule has 2 aliphatic heterocycles. The van der Waals surface area contributed by atoms with Gasteiger partial charge in [-0.3, -0.25) is 4.79 Å². The molecule has 0 radical (unpaired) electrons. The van der Waals surface area contributed by atoms with Gasteiger partial charge in [-0.1, -0.05) is 18.0 Å². The van der Waals surface area contributed by atoms with E-state index < -0.39 is 5.63 Å². The molecule has 0 unspecified atom stereocenters. The summed E-state index contributed by atoms with van der Waals surface area (Å²) in [5, 5.41) is 13.6. The van der Waals surface area contributed by atoms with Gasteiger partial charge >= 0.3 is 5.63 Å². The first kappa shape index (κ1) is 20.2. The summed E-state index contributed by atoms with van der Waals surface area (Å²) in [7, 11) is 0. The number of piperidine rings is 2. The number of benzene rings is 1. The van der Waals surface area contributed by atoms with Crippen molar-refractivity contribution in [1.29, 1.82) is 0 Å². The largest absolute Gasteiger partial charge is 0.506 e. The molecule has 2 N–H and O–H groups in total. The molecule has 0 bridgehead atoms. The van der Waals surface area contributed by atoms with Crippen LogP contribution in [0.15, 0.2) is 21.3 Å². The molecule has 2 saturated heterocycles. The molecule has 2 aliphatic rings. The fourth-order valence-corrected chi connectivity index (χ4v) is 5.05. The van der Waals surface area contributed by atoms with Crippen molar-refractivity contribution in [3.63, 3.8) is 0 Å². The number of fused-ring (bicyclic) bond motifs is 2. The quantitative estimate of drug-likeness (QED) is 0.744. The van der Waals surface area contributed by atoms with Crippen LogP contribution in [0.2, 0.25) is 5.02 Å². The van der Waals surface area contributed by atoms with E-state index in [1.54, 1.807) is 13.0 Å². The van der Waals surface area contributed by atoms with Crippen molar-refractivity contribution in [1.82, 2.24) is 10.2 Å². The molecular weight excluding hydrogens is 392 g/mol. The molecule has 0 aliphatic carbocycles. The van der Waals surface area contributed by atoms with Crippen molar-refractivity contribution >= 4 is 28.5 Å². The lowest BCUT2D eigenvalue weighted by atomic mass is 9.83. The Labute approximate surface area is 174 Å². The summed E-state index contributed by atoms with van der Waals surface area (Å²) in [5.41, 5.74) is 0.699. The zero-order valence-electron chi connectivity index (χ0n) is 16.7. The maximum atomic E-state index is 12.6. The van der Waals surface area contributed by atoms with Crippen LogP contribution < -0.4 is 10.9 Å². The number of halogens is 1. The number of carbonyl (C=O) groups excluding carboxylic acids is 1. The first-order valence-electron chi connectivity index (χ1n) is 10.4. The monoisotopic (exact) mass is 418 g/mol. The van der Waals surface area contributed by atoms with E-state index in [0.29, 0.717) is 35.0 Å². The number of nitrogens with one attached hydrogen (secondary N) is 1. The van der Waals surface area contributed by atoms with E-state index >= 15 is 0 Å². The molecular formula is C22H27ClN2O4. The predicted octanol–water partition coefficient (Wildman–Crippen LogP) is 3.38. The average molecular weight is 419 g/mol. The van der Waals surface area contributed by atoms with E-state index in [-0.39, 0.29) is 28.7 Å². The van der Waals surface area contributed by atoms with Crippen LogP contribution in [0.4, 0.5) is 0 Å². The Bertz CT molecular complexity index is 985. The Hall–Kier alpha value is -2.05. The summed E-state index contributed by atoms with van der Waals surface area (Å²) in [4.78, 5) is 27.6. The molecule has 7 heteroatoms. The average Bonchev–Trinajstić information content (AvgIpc) is 2.71. The standard InChI is InChI=1S/C22H27ClN2O4/c1-13-15-9-17(23)19(26)11-20(15)29-22(28)16(13)10-21(27)24-12-14-5-4-8-25-7-3-2-6-18(14)25/h9,11,14,18,26H,2-8,10,12H2,1H3,(H,24,27)/t14-,18+/m0/s1. The lowest BCUT2D eigenvalue weighted by Crippen LogP contribution is -2.51. The van der Waals surface area contributed by atoms with E-state index in [1.165, 1.54) is 44.8 Å². The highest BCUT2D eigenvalue weighted by molar-refractivity contribution is 6.32. The molecule has 156 valence electrons. The fourth-order valence-electron chi connectivity index (χ4n) is 4.89. The Balaban J connectivity index is 1.46. The SMILES string of the molecule is Cc1c(CC(=O)NC[C@@H]2CCCN3CCCC[C@H]23)c(=O)oc2cc(O)c(Cl)cc12. The predicted molar refractivity (Wildman–Crippen MR) is 113 cm³/mol. The summed E-state index contributed by atoms with van der Waals surface area (Å²) in [6, 6.07) is 3.46. The van der Waals surface area contributed by atoms with Gasteiger partial charge in [-0.05, 0) is 63.2 Å². The minimum absolute atomic E-state index is 0.0241. The maximum absolute atomic E-state index is 12.6. The Morgan fingerprint density at radius 2 is 2.07 bits per heavy atom. The number of aromatic hydroxyl groups is 1. The minimum atomic E-state index is -0.553. The summed E-state index contributed by atoms with van der Waals surface area (Å²) in [6.45, 7) is 4.77. The lowest BCUT2D eigenvalue weighted by molar-refractivity contribution is -0.120. The summed E-state index contributed by atoms with van der Waals surface area (Å²) < 4.78 is 5.31. The molecule has 2 atom stereocenters. The highest BCUT2D eigenvalue weighted by Crippen LogP contribution is 2.32. The molecule has 3 heterocycles. The molecule has 4 rings (SSSR count). The van der Waals surface area contributed by atoms with Gasteiger partial charge in [0.1, 0.15) is 11.3 Å². The zero-order chi connectivity index (χ0) is 20.5. The van der Waals surface area contributed by atoms with Gasteiger partial charge in [0.2, 0.25) is 5.91 Å². The number of hydrogen-bond acceptors (Lipinski definition) is 5. The second-order valence-electron chi connectivity index (χ2n) is 8.28. The summed E-state index contributed by atoms with van der Waals surface area (Å²) in [6.07, 6.45) is 6.04. The van der Waals surface area contributed by atoms with Gasteiger partial charge in [0.05, 0.1) is 17.0 Å². The van der Waals surface area contributed by atoms with Crippen molar-refractivity contribution < 1.29 is 14.3 Å². The van der Waals surface area contributed by atoms with E-state index in [0.717, 1.165) is 6.42 Å². The van der Waals surface area contributed by atoms with Gasteiger partial charge in [0.25, 0.3) is 0 Å². The van der Waals surface area contributed by atoms with Crippen molar-refractivity contribution in [2.75, 3.05) is 19.6 Å². The van der Waals surface area contributed by atoms with E-state index in [2.05, 4.69) is 10.2 Å². The van der Waals surface area contributed by atoms with Crippen molar-refractivity contribution in [2.24, 2.45) is 5.92 Å². The van der Waals surface area contributed by atoms with E-state index in [9.17, 15) is 14.7 Å². The van der Waals surface area contributed by atoms with Crippen LogP contribution in [0, 0.1) is 12.8 Å². The van der Waals surface area contributed by atoms with Crippen LogP contribution in [0.3, 0.4) is 0 Å². The Morgan fingerprint density at radius 3 is 2.90 bits per heavy atom. The van der Waals surface area contributed by atoms with Crippen molar-refractivity contribution in [2.45, 2.75) is 51.5 Å².